The van der Waals surface area contributed by atoms with Crippen LogP contribution in [0.5, 0.6) is 0 Å². The molecule has 5 rings (SSSR count). The molecular weight excluding hydrogens is 434 g/mol. The normalized spacial score (nSPS) is 20.2. The molecule has 2 aromatic carbocycles. The van der Waals surface area contributed by atoms with Crippen LogP contribution in [0.15, 0.2) is 60.9 Å². The van der Waals surface area contributed by atoms with Gasteiger partial charge >= 0.3 is 10.2 Å². The van der Waals surface area contributed by atoms with Crippen LogP contribution in [-0.4, -0.2) is 54.8 Å². The third-order valence-electron chi connectivity index (χ3n) is 6.55. The molecule has 0 radical (unpaired) electrons. The van der Waals surface area contributed by atoms with Gasteiger partial charge in [-0.3, -0.25) is 14.6 Å². The molecule has 0 bridgehead atoms. The monoisotopic (exact) mass is 465 g/mol. The molecule has 7 nitrogen and oxygen atoms in total. The topological polar surface area (TPSA) is 77.6 Å². The number of nitrogens with zero attached hydrogens (tertiary/aromatic N) is 3. The highest BCUT2D eigenvalue weighted by molar-refractivity contribution is 7.90. The summed E-state index contributed by atoms with van der Waals surface area (Å²) in [5.41, 5.74) is 2.90. The van der Waals surface area contributed by atoms with Gasteiger partial charge in [0.1, 0.15) is 0 Å². The van der Waals surface area contributed by atoms with Crippen molar-refractivity contribution in [3.8, 4) is 0 Å². The summed E-state index contributed by atoms with van der Waals surface area (Å²) in [6, 6.07) is 16.5. The molecule has 1 aromatic heterocycles. The number of piperidine rings is 1. The lowest BCUT2D eigenvalue weighted by molar-refractivity contribution is 0.329. The lowest BCUT2D eigenvalue weighted by atomic mass is 10.1. The number of fused-ring (bicyclic) bond motifs is 1. The van der Waals surface area contributed by atoms with Crippen molar-refractivity contribution in [3.63, 3.8) is 0 Å². The van der Waals surface area contributed by atoms with Crippen molar-refractivity contribution in [3.05, 3.63) is 66.5 Å². The smallest absolute Gasteiger partial charge is 0.301 e. The Labute approximate surface area is 196 Å². The van der Waals surface area contributed by atoms with Gasteiger partial charge in [-0.1, -0.05) is 30.7 Å². The number of hydrogen-bond donors (Lipinski definition) is 2. The van der Waals surface area contributed by atoms with Gasteiger partial charge in [0.25, 0.3) is 0 Å². The largest absolute Gasteiger partial charge is 0.380 e. The molecule has 0 spiro atoms. The van der Waals surface area contributed by atoms with E-state index in [0.29, 0.717) is 24.8 Å². The fraction of sp³-hybridized carbons (Fsp3) is 0.400. The van der Waals surface area contributed by atoms with Gasteiger partial charge in [-0.2, -0.15) is 12.7 Å². The van der Waals surface area contributed by atoms with E-state index in [0.717, 1.165) is 62.0 Å². The first-order valence-corrected chi connectivity index (χ1v) is 13.2. The summed E-state index contributed by atoms with van der Waals surface area (Å²) in [7, 11) is -3.49. The van der Waals surface area contributed by atoms with Gasteiger partial charge in [0, 0.05) is 67.6 Å². The Balaban J connectivity index is 1.20. The van der Waals surface area contributed by atoms with Gasteiger partial charge < -0.3 is 5.32 Å². The number of pyridine rings is 1. The van der Waals surface area contributed by atoms with Crippen molar-refractivity contribution < 1.29 is 8.42 Å². The van der Waals surface area contributed by atoms with Crippen LogP contribution in [0.25, 0.3) is 10.8 Å². The summed E-state index contributed by atoms with van der Waals surface area (Å²) in [4.78, 5) is 6.64. The second-order valence-corrected chi connectivity index (χ2v) is 10.7. The highest BCUT2D eigenvalue weighted by atomic mass is 32.2. The molecule has 0 aliphatic carbocycles. The molecule has 3 aromatic rings. The summed E-state index contributed by atoms with van der Waals surface area (Å²) in [5.74, 6) is 0. The maximum atomic E-state index is 12.7. The van der Waals surface area contributed by atoms with E-state index in [2.05, 4.69) is 50.3 Å². The number of hydrogen-bond acceptors (Lipinski definition) is 5. The van der Waals surface area contributed by atoms with E-state index in [4.69, 9.17) is 0 Å². The minimum absolute atomic E-state index is 0.379. The van der Waals surface area contributed by atoms with Crippen LogP contribution in [0, 0.1) is 0 Å². The third kappa shape index (κ3) is 5.29. The van der Waals surface area contributed by atoms with E-state index >= 15 is 0 Å². The van der Waals surface area contributed by atoms with Crippen molar-refractivity contribution in [2.24, 2.45) is 0 Å². The van der Waals surface area contributed by atoms with Crippen molar-refractivity contribution in [2.75, 3.05) is 36.2 Å². The zero-order chi connectivity index (χ0) is 22.7. The number of aromatic nitrogens is 1. The number of benzene rings is 2. The SMILES string of the molecule is O=S(=O)(Nc1cccc(CN2CC[C@@H](Nc3cccc4cnccc34)C2)c1)N1CCCCC1. The highest BCUT2D eigenvalue weighted by Crippen LogP contribution is 2.26. The van der Waals surface area contributed by atoms with E-state index in [1.165, 1.54) is 5.39 Å². The second-order valence-electron chi connectivity index (χ2n) is 9.03. The minimum Gasteiger partial charge on any atom is -0.380 e. The van der Waals surface area contributed by atoms with Gasteiger partial charge in [0.2, 0.25) is 0 Å². The fourth-order valence-electron chi connectivity index (χ4n) is 4.87. The van der Waals surface area contributed by atoms with Gasteiger partial charge in [-0.25, -0.2) is 0 Å². The molecule has 0 unspecified atom stereocenters. The average Bonchev–Trinajstić information content (AvgIpc) is 3.26. The number of rotatable bonds is 7. The molecule has 2 saturated heterocycles. The average molecular weight is 466 g/mol. The molecule has 0 amide bonds. The first kappa shape index (κ1) is 22.1. The molecule has 2 aliphatic heterocycles. The molecule has 8 heteroatoms. The molecule has 1 atom stereocenters. The predicted molar refractivity (Wildman–Crippen MR) is 133 cm³/mol. The zero-order valence-corrected chi connectivity index (χ0v) is 19.6. The molecular formula is C25H31N5O2S. The van der Waals surface area contributed by atoms with Crippen molar-refractivity contribution >= 4 is 32.4 Å². The Bertz CT molecular complexity index is 1200. The van der Waals surface area contributed by atoms with Crippen LogP contribution in [0.1, 0.15) is 31.2 Å². The summed E-state index contributed by atoms with van der Waals surface area (Å²) in [6.07, 6.45) is 7.77. The maximum Gasteiger partial charge on any atom is 0.301 e. The lowest BCUT2D eigenvalue weighted by Gasteiger charge is -2.26. The van der Waals surface area contributed by atoms with Crippen LogP contribution in [0.2, 0.25) is 0 Å². The molecule has 2 aliphatic rings. The molecule has 33 heavy (non-hydrogen) atoms. The second kappa shape index (κ2) is 9.67. The van der Waals surface area contributed by atoms with Gasteiger partial charge in [0.15, 0.2) is 0 Å². The summed E-state index contributed by atoms with van der Waals surface area (Å²) in [5, 5.41) is 6.05. The van der Waals surface area contributed by atoms with Crippen LogP contribution in [0.4, 0.5) is 11.4 Å². The fourth-order valence-corrected chi connectivity index (χ4v) is 6.17. The number of anilines is 2. The molecule has 0 saturated carbocycles. The summed E-state index contributed by atoms with van der Waals surface area (Å²) >= 11 is 0. The lowest BCUT2D eigenvalue weighted by Crippen LogP contribution is -2.39. The van der Waals surface area contributed by atoms with Crippen molar-refractivity contribution in [2.45, 2.75) is 38.3 Å². The predicted octanol–water partition coefficient (Wildman–Crippen LogP) is 4.06. The van der Waals surface area contributed by atoms with Gasteiger partial charge in [0.05, 0.1) is 5.69 Å². The van der Waals surface area contributed by atoms with E-state index in [-0.39, 0.29) is 0 Å². The standard InChI is InChI=1S/C25H31N5O2S/c31-33(32,30-13-2-1-3-14-30)28-22-8-4-6-20(16-22)18-29-15-11-23(19-29)27-25-9-5-7-21-17-26-12-10-24(21)25/h4-10,12,16-17,23,27-28H,1-3,11,13-15,18-19H2/t23-/m1/s1. The van der Waals surface area contributed by atoms with Crippen LogP contribution >= 0.6 is 0 Å². The first-order chi connectivity index (χ1) is 16.1. The van der Waals surface area contributed by atoms with Crippen LogP contribution < -0.4 is 10.0 Å². The van der Waals surface area contributed by atoms with E-state index in [1.54, 1.807) is 4.31 Å². The minimum atomic E-state index is -3.49. The summed E-state index contributed by atoms with van der Waals surface area (Å²) < 4.78 is 29.8. The summed E-state index contributed by atoms with van der Waals surface area (Å²) in [6.45, 7) is 3.96. The Morgan fingerprint density at radius 1 is 1.00 bits per heavy atom. The molecule has 2 N–H and O–H groups in total. The Hall–Kier alpha value is -2.68. The molecule has 174 valence electrons. The van der Waals surface area contributed by atoms with Crippen molar-refractivity contribution in [1.29, 1.82) is 0 Å². The number of likely N-dealkylation sites (tertiary alicyclic amines) is 1. The van der Waals surface area contributed by atoms with E-state index in [9.17, 15) is 8.42 Å². The molecule has 3 heterocycles. The van der Waals surface area contributed by atoms with Gasteiger partial charge in [-0.05, 0) is 49.1 Å². The molecule has 2 fully saturated rings. The Morgan fingerprint density at radius 3 is 2.73 bits per heavy atom. The van der Waals surface area contributed by atoms with E-state index < -0.39 is 10.2 Å². The number of nitrogens with one attached hydrogen (secondary N) is 2. The first-order valence-electron chi connectivity index (χ1n) is 11.8. The Morgan fingerprint density at radius 2 is 1.85 bits per heavy atom. The maximum absolute atomic E-state index is 12.7. The van der Waals surface area contributed by atoms with Crippen LogP contribution in [-0.2, 0) is 16.8 Å². The van der Waals surface area contributed by atoms with Crippen molar-refractivity contribution in [1.82, 2.24) is 14.2 Å². The Kier molecular flexibility index (Phi) is 6.48. The van der Waals surface area contributed by atoms with E-state index in [1.807, 2.05) is 30.6 Å². The highest BCUT2D eigenvalue weighted by Gasteiger charge is 2.25. The third-order valence-corrected chi connectivity index (χ3v) is 8.09. The van der Waals surface area contributed by atoms with Gasteiger partial charge in [-0.15, -0.1) is 0 Å². The zero-order valence-electron chi connectivity index (χ0n) is 18.8. The quantitative estimate of drug-likeness (QED) is 0.550. The van der Waals surface area contributed by atoms with Crippen LogP contribution in [0.3, 0.4) is 0 Å².